The van der Waals surface area contributed by atoms with Crippen LogP contribution in [0.2, 0.25) is 5.02 Å². The molecule has 1 amide bonds. The van der Waals surface area contributed by atoms with E-state index in [0.29, 0.717) is 12.2 Å². The van der Waals surface area contributed by atoms with Crippen molar-refractivity contribution in [1.29, 1.82) is 0 Å². The molecule has 1 aromatic carbocycles. The number of nitrogens with one attached hydrogen (secondary N) is 1. The molecule has 0 radical (unpaired) electrons. The number of anilines is 1. The van der Waals surface area contributed by atoms with Crippen molar-refractivity contribution in [3.05, 3.63) is 28.8 Å². The Morgan fingerprint density at radius 1 is 1.43 bits per heavy atom. The molecule has 0 aromatic heterocycles. The Bertz CT molecular complexity index is 548. The van der Waals surface area contributed by atoms with Gasteiger partial charge in [0.05, 0.1) is 17.7 Å². The molecule has 2 rings (SSSR count). The Labute approximate surface area is 128 Å². The summed E-state index contributed by atoms with van der Waals surface area (Å²) < 4.78 is 4.62. The molecule has 114 valence electrons. The monoisotopic (exact) mass is 310 g/mol. The number of amides is 1. The lowest BCUT2D eigenvalue weighted by atomic mass is 9.95. The lowest BCUT2D eigenvalue weighted by Gasteiger charge is -2.17. The molecule has 5 nitrogen and oxygen atoms in total. The van der Waals surface area contributed by atoms with Crippen LogP contribution in [0.25, 0.3) is 0 Å². The number of rotatable bonds is 4. The highest BCUT2D eigenvalue weighted by Crippen LogP contribution is 2.32. The Kier molecular flexibility index (Phi) is 5.20. The fourth-order valence-electron chi connectivity index (χ4n) is 2.77. The summed E-state index contributed by atoms with van der Waals surface area (Å²) in [6.45, 7) is 0.528. The average molecular weight is 311 g/mol. The number of nitrogens with two attached hydrogens (primary N) is 1. The van der Waals surface area contributed by atoms with Crippen LogP contribution in [-0.2, 0) is 9.53 Å². The van der Waals surface area contributed by atoms with Crippen molar-refractivity contribution in [3.63, 3.8) is 0 Å². The number of carbonyl (C=O) groups is 2. The van der Waals surface area contributed by atoms with Gasteiger partial charge in [0.25, 0.3) is 0 Å². The highest BCUT2D eigenvalue weighted by atomic mass is 35.5. The molecule has 0 saturated heterocycles. The topological polar surface area (TPSA) is 81.4 Å². The number of esters is 1. The van der Waals surface area contributed by atoms with Crippen LogP contribution in [0.5, 0.6) is 0 Å². The zero-order valence-electron chi connectivity index (χ0n) is 11.9. The molecule has 0 heterocycles. The first-order valence-electron chi connectivity index (χ1n) is 6.95. The average Bonchev–Trinajstić information content (AvgIpc) is 2.95. The number of methoxy groups -OCH3 is 1. The largest absolute Gasteiger partial charge is 0.465 e. The summed E-state index contributed by atoms with van der Waals surface area (Å²) in [5, 5.41) is 3.09. The van der Waals surface area contributed by atoms with Gasteiger partial charge in [0.1, 0.15) is 0 Å². The molecule has 1 aromatic rings. The summed E-state index contributed by atoms with van der Waals surface area (Å²) >= 11 is 6.03. The van der Waals surface area contributed by atoms with E-state index in [2.05, 4.69) is 10.1 Å². The summed E-state index contributed by atoms with van der Waals surface area (Å²) in [6.07, 6.45) is 2.89. The molecule has 1 aliphatic carbocycles. The van der Waals surface area contributed by atoms with Gasteiger partial charge in [0.15, 0.2) is 0 Å². The first-order chi connectivity index (χ1) is 10.1. The van der Waals surface area contributed by atoms with Crippen LogP contribution in [0.4, 0.5) is 5.69 Å². The van der Waals surface area contributed by atoms with Gasteiger partial charge in [0.2, 0.25) is 5.91 Å². The molecule has 0 unspecified atom stereocenters. The smallest absolute Gasteiger partial charge is 0.339 e. The van der Waals surface area contributed by atoms with Gasteiger partial charge in [-0.3, -0.25) is 4.79 Å². The molecule has 1 aliphatic rings. The van der Waals surface area contributed by atoms with Crippen molar-refractivity contribution in [2.75, 3.05) is 19.0 Å². The summed E-state index contributed by atoms with van der Waals surface area (Å²) in [5.41, 5.74) is 6.54. The SMILES string of the molecule is COC(=O)c1ccc(NC(=O)[C@@H]2CCC[C@@H]2CN)cc1Cl. The fourth-order valence-corrected chi connectivity index (χ4v) is 3.03. The highest BCUT2D eigenvalue weighted by Gasteiger charge is 2.31. The number of ether oxygens (including phenoxy) is 1. The van der Waals surface area contributed by atoms with Crippen LogP contribution >= 0.6 is 11.6 Å². The predicted molar refractivity (Wildman–Crippen MR) is 81.3 cm³/mol. The summed E-state index contributed by atoms with van der Waals surface area (Å²) in [7, 11) is 1.29. The maximum atomic E-state index is 12.3. The molecule has 1 fully saturated rings. The standard InChI is InChI=1S/C15H19ClN2O3/c1-21-15(20)12-6-5-10(7-13(12)16)18-14(19)11-4-2-3-9(11)8-17/h5-7,9,11H,2-4,8,17H2,1H3,(H,18,19)/t9-,11-/m1/s1. The minimum Gasteiger partial charge on any atom is -0.465 e. The van der Waals surface area contributed by atoms with Gasteiger partial charge in [-0.05, 0) is 43.5 Å². The van der Waals surface area contributed by atoms with Gasteiger partial charge in [-0.25, -0.2) is 4.79 Å². The molecule has 1 saturated carbocycles. The maximum absolute atomic E-state index is 12.3. The first-order valence-corrected chi connectivity index (χ1v) is 7.33. The van der Waals surface area contributed by atoms with Gasteiger partial charge in [-0.15, -0.1) is 0 Å². The zero-order valence-corrected chi connectivity index (χ0v) is 12.7. The molecular weight excluding hydrogens is 292 g/mol. The van der Waals surface area contributed by atoms with Gasteiger partial charge in [-0.1, -0.05) is 18.0 Å². The molecular formula is C15H19ClN2O3. The van der Waals surface area contributed by atoms with E-state index in [9.17, 15) is 9.59 Å². The second-order valence-corrected chi connectivity index (χ2v) is 5.62. The normalized spacial score (nSPS) is 21.1. The lowest BCUT2D eigenvalue weighted by Crippen LogP contribution is -2.29. The first kappa shape index (κ1) is 15.8. The maximum Gasteiger partial charge on any atom is 0.339 e. The number of halogens is 1. The fraction of sp³-hybridized carbons (Fsp3) is 0.467. The Morgan fingerprint density at radius 2 is 2.19 bits per heavy atom. The Balaban J connectivity index is 2.08. The van der Waals surface area contributed by atoms with Crippen LogP contribution in [0.15, 0.2) is 18.2 Å². The third kappa shape index (κ3) is 3.54. The second-order valence-electron chi connectivity index (χ2n) is 5.21. The molecule has 0 aliphatic heterocycles. The van der Waals surface area contributed by atoms with Crippen molar-refractivity contribution < 1.29 is 14.3 Å². The summed E-state index contributed by atoms with van der Waals surface area (Å²) in [5.74, 6) is -0.342. The molecule has 3 N–H and O–H groups in total. The van der Waals surface area contributed by atoms with E-state index < -0.39 is 5.97 Å². The van der Waals surface area contributed by atoms with E-state index in [-0.39, 0.29) is 28.3 Å². The van der Waals surface area contributed by atoms with Crippen LogP contribution in [-0.4, -0.2) is 25.5 Å². The van der Waals surface area contributed by atoms with Crippen molar-refractivity contribution in [2.24, 2.45) is 17.6 Å². The van der Waals surface area contributed by atoms with Gasteiger partial charge >= 0.3 is 5.97 Å². The second kappa shape index (κ2) is 6.91. The van der Waals surface area contributed by atoms with Crippen LogP contribution in [0, 0.1) is 11.8 Å². The number of carbonyl (C=O) groups excluding carboxylic acids is 2. The predicted octanol–water partition coefficient (Wildman–Crippen LogP) is 2.44. The van der Waals surface area contributed by atoms with E-state index in [1.165, 1.54) is 7.11 Å². The Morgan fingerprint density at radius 3 is 2.81 bits per heavy atom. The van der Waals surface area contributed by atoms with Gasteiger partial charge in [-0.2, -0.15) is 0 Å². The number of hydrogen-bond acceptors (Lipinski definition) is 4. The van der Waals surface area contributed by atoms with Gasteiger partial charge in [0, 0.05) is 11.6 Å². The van der Waals surface area contributed by atoms with Crippen molar-refractivity contribution in [1.82, 2.24) is 0 Å². The highest BCUT2D eigenvalue weighted by molar-refractivity contribution is 6.34. The molecule has 0 bridgehead atoms. The van der Waals surface area contributed by atoms with Gasteiger partial charge < -0.3 is 15.8 Å². The molecule has 2 atom stereocenters. The third-order valence-corrected chi connectivity index (χ3v) is 4.25. The van der Waals surface area contributed by atoms with Crippen molar-refractivity contribution in [3.8, 4) is 0 Å². The summed E-state index contributed by atoms with van der Waals surface area (Å²) in [4.78, 5) is 23.7. The minimum atomic E-state index is -0.503. The van der Waals surface area contributed by atoms with E-state index in [0.717, 1.165) is 19.3 Å². The minimum absolute atomic E-state index is 0.0372. The van der Waals surface area contributed by atoms with Crippen molar-refractivity contribution in [2.45, 2.75) is 19.3 Å². The quantitative estimate of drug-likeness (QED) is 0.837. The molecule has 6 heteroatoms. The van der Waals surface area contributed by atoms with Crippen LogP contribution in [0.3, 0.4) is 0 Å². The van der Waals surface area contributed by atoms with E-state index in [4.69, 9.17) is 17.3 Å². The van der Waals surface area contributed by atoms with Crippen LogP contribution < -0.4 is 11.1 Å². The van der Waals surface area contributed by atoms with Crippen molar-refractivity contribution >= 4 is 29.2 Å². The zero-order chi connectivity index (χ0) is 15.4. The molecule has 21 heavy (non-hydrogen) atoms. The lowest BCUT2D eigenvalue weighted by molar-refractivity contribution is -0.120. The summed E-state index contributed by atoms with van der Waals surface area (Å²) in [6, 6.07) is 4.74. The van der Waals surface area contributed by atoms with E-state index in [1.54, 1.807) is 18.2 Å². The van der Waals surface area contributed by atoms with E-state index in [1.807, 2.05) is 0 Å². The third-order valence-electron chi connectivity index (χ3n) is 3.94. The Hall–Kier alpha value is -1.59. The number of hydrogen-bond donors (Lipinski definition) is 2. The van der Waals surface area contributed by atoms with E-state index >= 15 is 0 Å². The molecule has 0 spiro atoms. The number of benzene rings is 1. The van der Waals surface area contributed by atoms with Crippen LogP contribution in [0.1, 0.15) is 29.6 Å².